The first-order valence-corrected chi connectivity index (χ1v) is 7.17. The standard InChI is InChI=1S/C15H20ClFN2O/c1-15(2,18)8-14(20)19(10-6-7-10)9-11-12(16)4-3-5-13(11)17/h3-5,10H,6-9,18H2,1-2H3. The molecule has 0 heterocycles. The monoisotopic (exact) mass is 298 g/mol. The van der Waals surface area contributed by atoms with E-state index in [1.165, 1.54) is 6.07 Å². The number of hydrogen-bond acceptors (Lipinski definition) is 2. The highest BCUT2D eigenvalue weighted by Crippen LogP contribution is 2.31. The third-order valence-electron chi connectivity index (χ3n) is 3.30. The van der Waals surface area contributed by atoms with E-state index in [4.69, 9.17) is 17.3 Å². The molecule has 3 nitrogen and oxygen atoms in total. The molecular formula is C15H20ClFN2O. The van der Waals surface area contributed by atoms with Crippen LogP contribution in [0.4, 0.5) is 4.39 Å². The van der Waals surface area contributed by atoms with Crippen molar-refractivity contribution in [1.82, 2.24) is 4.90 Å². The van der Waals surface area contributed by atoms with Crippen LogP contribution in [0.5, 0.6) is 0 Å². The average molecular weight is 299 g/mol. The molecule has 1 saturated carbocycles. The summed E-state index contributed by atoms with van der Waals surface area (Å²) in [6, 6.07) is 4.76. The molecule has 0 radical (unpaired) electrons. The number of benzene rings is 1. The summed E-state index contributed by atoms with van der Waals surface area (Å²) in [6.45, 7) is 3.84. The van der Waals surface area contributed by atoms with Gasteiger partial charge < -0.3 is 10.6 Å². The topological polar surface area (TPSA) is 46.3 Å². The number of amides is 1. The molecule has 110 valence electrons. The molecule has 0 unspecified atom stereocenters. The van der Waals surface area contributed by atoms with Crippen molar-refractivity contribution in [3.63, 3.8) is 0 Å². The van der Waals surface area contributed by atoms with Gasteiger partial charge in [-0.15, -0.1) is 0 Å². The van der Waals surface area contributed by atoms with E-state index in [1.54, 1.807) is 17.0 Å². The minimum Gasteiger partial charge on any atom is -0.335 e. The SMILES string of the molecule is CC(C)(N)CC(=O)N(Cc1c(F)cccc1Cl)C1CC1. The van der Waals surface area contributed by atoms with E-state index in [0.29, 0.717) is 10.6 Å². The van der Waals surface area contributed by atoms with Crippen molar-refractivity contribution < 1.29 is 9.18 Å². The highest BCUT2D eigenvalue weighted by molar-refractivity contribution is 6.31. The Morgan fingerprint density at radius 1 is 1.50 bits per heavy atom. The molecule has 0 spiro atoms. The summed E-state index contributed by atoms with van der Waals surface area (Å²) in [5.74, 6) is -0.415. The van der Waals surface area contributed by atoms with Gasteiger partial charge in [0.25, 0.3) is 0 Å². The van der Waals surface area contributed by atoms with Crippen molar-refractivity contribution in [2.75, 3.05) is 0 Å². The minimum absolute atomic E-state index is 0.0423. The zero-order chi connectivity index (χ0) is 14.9. The zero-order valence-corrected chi connectivity index (χ0v) is 12.6. The Balaban J connectivity index is 2.16. The molecule has 2 N–H and O–H groups in total. The summed E-state index contributed by atoms with van der Waals surface area (Å²) in [4.78, 5) is 14.1. The molecule has 1 amide bonds. The summed E-state index contributed by atoms with van der Waals surface area (Å²) in [7, 11) is 0. The Kier molecular flexibility index (Phi) is 4.35. The van der Waals surface area contributed by atoms with E-state index in [0.717, 1.165) is 12.8 Å². The van der Waals surface area contributed by atoms with E-state index in [1.807, 2.05) is 13.8 Å². The number of nitrogens with two attached hydrogens (primary N) is 1. The molecule has 0 bridgehead atoms. The highest BCUT2D eigenvalue weighted by Gasteiger charge is 2.34. The van der Waals surface area contributed by atoms with Gasteiger partial charge in [-0.05, 0) is 38.8 Å². The maximum atomic E-state index is 13.8. The quantitative estimate of drug-likeness (QED) is 0.908. The smallest absolute Gasteiger partial charge is 0.224 e. The molecule has 0 atom stereocenters. The van der Waals surface area contributed by atoms with Crippen LogP contribution >= 0.6 is 11.6 Å². The molecule has 1 fully saturated rings. The lowest BCUT2D eigenvalue weighted by molar-refractivity contribution is -0.133. The molecule has 0 saturated heterocycles. The maximum absolute atomic E-state index is 13.8. The van der Waals surface area contributed by atoms with Gasteiger partial charge in [-0.3, -0.25) is 4.79 Å². The van der Waals surface area contributed by atoms with Crippen molar-refractivity contribution >= 4 is 17.5 Å². The number of halogens is 2. The first-order chi connectivity index (χ1) is 9.28. The Bertz CT molecular complexity index is 489. The first kappa shape index (κ1) is 15.3. The highest BCUT2D eigenvalue weighted by atomic mass is 35.5. The Hall–Kier alpha value is -1.13. The van der Waals surface area contributed by atoms with E-state index < -0.39 is 5.54 Å². The average Bonchev–Trinajstić information content (AvgIpc) is 3.10. The second-order valence-electron chi connectivity index (χ2n) is 6.12. The van der Waals surface area contributed by atoms with Crippen LogP contribution in [0.1, 0.15) is 38.7 Å². The van der Waals surface area contributed by atoms with Gasteiger partial charge >= 0.3 is 0 Å². The molecule has 1 aliphatic rings. The summed E-state index contributed by atoms with van der Waals surface area (Å²) >= 11 is 6.03. The molecule has 5 heteroatoms. The molecule has 0 aliphatic heterocycles. The normalized spacial score (nSPS) is 15.2. The lowest BCUT2D eigenvalue weighted by atomic mass is 10.0. The summed E-state index contributed by atoms with van der Waals surface area (Å²) in [5, 5.41) is 0.357. The Morgan fingerprint density at radius 3 is 2.65 bits per heavy atom. The van der Waals surface area contributed by atoms with Crippen molar-refractivity contribution in [3.8, 4) is 0 Å². The summed E-state index contributed by atoms with van der Waals surface area (Å²) in [5.41, 5.74) is 5.71. The number of rotatable bonds is 5. The molecule has 2 rings (SSSR count). The van der Waals surface area contributed by atoms with Crippen LogP contribution in [0.3, 0.4) is 0 Å². The van der Waals surface area contributed by atoms with Crippen LogP contribution in [0.25, 0.3) is 0 Å². The first-order valence-electron chi connectivity index (χ1n) is 6.79. The fourth-order valence-electron chi connectivity index (χ4n) is 2.15. The lowest BCUT2D eigenvalue weighted by Gasteiger charge is -2.27. The van der Waals surface area contributed by atoms with Crippen LogP contribution in [0.2, 0.25) is 5.02 Å². The van der Waals surface area contributed by atoms with Crippen LogP contribution in [-0.2, 0) is 11.3 Å². The molecule has 1 aromatic carbocycles. The number of carbonyl (C=O) groups excluding carboxylic acids is 1. The van der Waals surface area contributed by atoms with Crippen molar-refractivity contribution in [2.24, 2.45) is 5.73 Å². The third kappa shape index (κ3) is 3.93. The Labute approximate surface area is 123 Å². The van der Waals surface area contributed by atoms with Gasteiger partial charge in [0.05, 0.1) is 6.54 Å². The van der Waals surface area contributed by atoms with Crippen LogP contribution in [0, 0.1) is 5.82 Å². The maximum Gasteiger partial charge on any atom is 0.224 e. The van der Waals surface area contributed by atoms with Crippen LogP contribution in [-0.4, -0.2) is 22.4 Å². The molecule has 0 aromatic heterocycles. The van der Waals surface area contributed by atoms with E-state index >= 15 is 0 Å². The predicted octanol–water partition coefficient (Wildman–Crippen LogP) is 3.10. The van der Waals surface area contributed by atoms with Crippen LogP contribution < -0.4 is 5.73 Å². The van der Waals surface area contributed by atoms with E-state index in [-0.39, 0.29) is 30.7 Å². The van der Waals surface area contributed by atoms with Gasteiger partial charge in [0.15, 0.2) is 0 Å². The lowest BCUT2D eigenvalue weighted by Crippen LogP contribution is -2.42. The van der Waals surface area contributed by atoms with Gasteiger partial charge in [0, 0.05) is 28.6 Å². The minimum atomic E-state index is -0.566. The molecule has 20 heavy (non-hydrogen) atoms. The van der Waals surface area contributed by atoms with E-state index in [9.17, 15) is 9.18 Å². The second kappa shape index (κ2) is 5.70. The third-order valence-corrected chi connectivity index (χ3v) is 3.66. The van der Waals surface area contributed by atoms with Gasteiger partial charge in [0.2, 0.25) is 5.91 Å². The predicted molar refractivity (Wildman–Crippen MR) is 77.9 cm³/mol. The number of nitrogens with zero attached hydrogens (tertiary/aromatic N) is 1. The van der Waals surface area contributed by atoms with E-state index in [2.05, 4.69) is 0 Å². The van der Waals surface area contributed by atoms with Gasteiger partial charge in [0.1, 0.15) is 5.82 Å². The summed E-state index contributed by atoms with van der Waals surface area (Å²) < 4.78 is 13.8. The van der Waals surface area contributed by atoms with Gasteiger partial charge in [-0.25, -0.2) is 4.39 Å². The second-order valence-corrected chi connectivity index (χ2v) is 6.53. The fraction of sp³-hybridized carbons (Fsp3) is 0.533. The molecular weight excluding hydrogens is 279 g/mol. The molecule has 1 aromatic rings. The largest absolute Gasteiger partial charge is 0.335 e. The fourth-order valence-corrected chi connectivity index (χ4v) is 2.37. The van der Waals surface area contributed by atoms with Crippen molar-refractivity contribution in [3.05, 3.63) is 34.6 Å². The van der Waals surface area contributed by atoms with Crippen LogP contribution in [0.15, 0.2) is 18.2 Å². The summed E-state index contributed by atoms with van der Waals surface area (Å²) in [6.07, 6.45) is 2.17. The Morgan fingerprint density at radius 2 is 2.15 bits per heavy atom. The van der Waals surface area contributed by atoms with Crippen molar-refractivity contribution in [2.45, 2.75) is 51.2 Å². The number of hydrogen-bond donors (Lipinski definition) is 1. The molecule has 1 aliphatic carbocycles. The zero-order valence-electron chi connectivity index (χ0n) is 11.8. The van der Waals surface area contributed by atoms with Gasteiger partial charge in [-0.1, -0.05) is 17.7 Å². The number of carbonyl (C=O) groups is 1. The van der Waals surface area contributed by atoms with Gasteiger partial charge in [-0.2, -0.15) is 0 Å². The van der Waals surface area contributed by atoms with Crippen molar-refractivity contribution in [1.29, 1.82) is 0 Å².